The zero-order chi connectivity index (χ0) is 16.9. The van der Waals surface area contributed by atoms with Gasteiger partial charge in [-0.2, -0.15) is 0 Å². The lowest BCUT2D eigenvalue weighted by molar-refractivity contribution is -0.114. The van der Waals surface area contributed by atoms with E-state index in [1.54, 1.807) is 0 Å². The molecule has 1 saturated heterocycles. The van der Waals surface area contributed by atoms with E-state index in [1.165, 1.54) is 6.42 Å². The molecule has 2 N–H and O–H groups in total. The van der Waals surface area contributed by atoms with Crippen LogP contribution in [-0.2, 0) is 4.74 Å². The Bertz CT molecular complexity index is 396. The summed E-state index contributed by atoms with van der Waals surface area (Å²) in [5.74, 6) is 1.00. The fraction of sp³-hybridized carbons (Fsp3) is 0.944. The number of hydrogen-bond acceptors (Lipinski definition) is 3. The van der Waals surface area contributed by atoms with Crippen LogP contribution in [0.1, 0.15) is 59.8 Å². The number of ether oxygens (including phenoxy) is 1. The minimum atomic E-state index is -0.148. The fourth-order valence-electron chi connectivity index (χ4n) is 3.40. The van der Waals surface area contributed by atoms with Crippen molar-refractivity contribution in [1.82, 2.24) is 10.2 Å². The summed E-state index contributed by atoms with van der Waals surface area (Å²) in [6, 6.07) is 0.409. The molecule has 2 rings (SSSR count). The molecule has 1 heterocycles. The highest BCUT2D eigenvalue weighted by Crippen LogP contribution is 2.43. The van der Waals surface area contributed by atoms with E-state index in [9.17, 15) is 5.11 Å². The van der Waals surface area contributed by atoms with E-state index >= 15 is 0 Å². The first kappa shape index (κ1) is 22.0. The molecule has 2 unspecified atom stereocenters. The molecule has 0 aromatic rings. The Morgan fingerprint density at radius 1 is 1.29 bits per heavy atom. The van der Waals surface area contributed by atoms with Gasteiger partial charge in [-0.15, -0.1) is 24.0 Å². The second-order valence-corrected chi connectivity index (χ2v) is 7.48. The molecule has 1 aliphatic carbocycles. The van der Waals surface area contributed by atoms with Crippen molar-refractivity contribution >= 4 is 29.9 Å². The lowest BCUT2D eigenvalue weighted by Gasteiger charge is -2.52. The number of nitrogens with zero attached hydrogens (tertiary/aromatic N) is 2. The summed E-state index contributed by atoms with van der Waals surface area (Å²) >= 11 is 0. The highest BCUT2D eigenvalue weighted by molar-refractivity contribution is 14.0. The summed E-state index contributed by atoms with van der Waals surface area (Å²) in [7, 11) is 0. The van der Waals surface area contributed by atoms with Crippen LogP contribution in [0.15, 0.2) is 4.99 Å². The van der Waals surface area contributed by atoms with Gasteiger partial charge in [0.2, 0.25) is 0 Å². The Hall–Kier alpha value is -0.0800. The number of guanidine groups is 1. The SMILES string of the molecule is CCCCOC1CC(NC(=NCC)N2CCC(O)CC2)C1(C)C.I. The summed E-state index contributed by atoms with van der Waals surface area (Å²) in [4.78, 5) is 6.96. The fourth-order valence-corrected chi connectivity index (χ4v) is 3.40. The van der Waals surface area contributed by atoms with Gasteiger partial charge in [0.1, 0.15) is 0 Å². The van der Waals surface area contributed by atoms with Crippen molar-refractivity contribution in [3.63, 3.8) is 0 Å². The lowest BCUT2D eigenvalue weighted by atomic mass is 9.64. The number of halogens is 1. The molecule has 0 aromatic carbocycles. The first-order chi connectivity index (χ1) is 11.0. The number of hydrogen-bond donors (Lipinski definition) is 2. The zero-order valence-corrected chi connectivity index (χ0v) is 18.1. The maximum absolute atomic E-state index is 9.69. The van der Waals surface area contributed by atoms with Crippen LogP contribution in [0.3, 0.4) is 0 Å². The summed E-state index contributed by atoms with van der Waals surface area (Å²) in [5.41, 5.74) is 0.136. The zero-order valence-electron chi connectivity index (χ0n) is 15.8. The predicted octanol–water partition coefficient (Wildman–Crippen LogP) is 3.01. The van der Waals surface area contributed by atoms with Gasteiger partial charge in [-0.1, -0.05) is 27.2 Å². The van der Waals surface area contributed by atoms with Crippen LogP contribution in [0.5, 0.6) is 0 Å². The minimum absolute atomic E-state index is 0. The Labute approximate surface area is 164 Å². The molecule has 0 amide bonds. The van der Waals surface area contributed by atoms with Crippen LogP contribution in [0.4, 0.5) is 0 Å². The Morgan fingerprint density at radius 3 is 2.50 bits per heavy atom. The molecule has 1 aliphatic heterocycles. The van der Waals surface area contributed by atoms with Crippen molar-refractivity contribution in [2.75, 3.05) is 26.2 Å². The number of aliphatic imine (C=N–C) groups is 1. The Morgan fingerprint density at radius 2 is 1.96 bits per heavy atom. The van der Waals surface area contributed by atoms with Crippen molar-refractivity contribution in [2.45, 2.75) is 78.0 Å². The number of aliphatic hydroxyl groups is 1. The van der Waals surface area contributed by atoms with E-state index < -0.39 is 0 Å². The van der Waals surface area contributed by atoms with Gasteiger partial charge < -0.3 is 20.1 Å². The molecule has 0 radical (unpaired) electrons. The summed E-state index contributed by atoms with van der Waals surface area (Å²) < 4.78 is 6.04. The number of likely N-dealkylation sites (tertiary alicyclic amines) is 1. The summed E-state index contributed by atoms with van der Waals surface area (Å²) in [6.07, 6.45) is 5.24. The van der Waals surface area contributed by atoms with Gasteiger partial charge in [0, 0.05) is 37.7 Å². The standard InChI is InChI=1S/C18H35N3O2.HI/c1-5-7-12-23-16-13-15(18(16,3)4)20-17(19-6-2)21-10-8-14(22)9-11-21;/h14-16,22H,5-13H2,1-4H3,(H,19,20);1H. The first-order valence-electron chi connectivity index (χ1n) is 9.34. The molecule has 6 heteroatoms. The van der Waals surface area contributed by atoms with Crippen molar-refractivity contribution in [2.24, 2.45) is 10.4 Å². The average molecular weight is 453 g/mol. The molecule has 1 saturated carbocycles. The highest BCUT2D eigenvalue weighted by Gasteiger charge is 2.49. The van der Waals surface area contributed by atoms with E-state index in [0.29, 0.717) is 12.1 Å². The number of aliphatic hydroxyl groups excluding tert-OH is 1. The quantitative estimate of drug-likeness (QED) is 0.281. The van der Waals surface area contributed by atoms with Crippen molar-refractivity contribution < 1.29 is 9.84 Å². The van der Waals surface area contributed by atoms with Gasteiger partial charge in [-0.05, 0) is 32.6 Å². The van der Waals surface area contributed by atoms with Crippen molar-refractivity contribution in [3.8, 4) is 0 Å². The summed E-state index contributed by atoms with van der Waals surface area (Å²) in [5, 5.41) is 13.4. The molecular formula is C18H36IN3O2. The van der Waals surface area contributed by atoms with Crippen LogP contribution in [0.25, 0.3) is 0 Å². The highest BCUT2D eigenvalue weighted by atomic mass is 127. The van der Waals surface area contributed by atoms with Gasteiger partial charge in [0.15, 0.2) is 5.96 Å². The molecule has 0 aromatic heterocycles. The number of nitrogens with one attached hydrogen (secondary N) is 1. The smallest absolute Gasteiger partial charge is 0.194 e. The monoisotopic (exact) mass is 453 g/mol. The van der Waals surface area contributed by atoms with Crippen LogP contribution in [-0.4, -0.2) is 60.5 Å². The molecule has 0 bridgehead atoms. The molecule has 5 nitrogen and oxygen atoms in total. The third kappa shape index (κ3) is 5.46. The second kappa shape index (κ2) is 10.2. The van der Waals surface area contributed by atoms with Crippen LogP contribution in [0, 0.1) is 5.41 Å². The maximum Gasteiger partial charge on any atom is 0.194 e. The molecule has 0 spiro atoms. The van der Waals surface area contributed by atoms with Crippen molar-refractivity contribution in [3.05, 3.63) is 0 Å². The topological polar surface area (TPSA) is 57.1 Å². The van der Waals surface area contributed by atoms with E-state index in [2.05, 4.69) is 42.9 Å². The minimum Gasteiger partial charge on any atom is -0.393 e. The third-order valence-electron chi connectivity index (χ3n) is 5.37. The molecular weight excluding hydrogens is 417 g/mol. The largest absolute Gasteiger partial charge is 0.393 e. The Balaban J connectivity index is 0.00000288. The first-order valence-corrected chi connectivity index (χ1v) is 9.34. The lowest BCUT2D eigenvalue weighted by Crippen LogP contribution is -2.64. The second-order valence-electron chi connectivity index (χ2n) is 7.48. The molecule has 2 aliphatic rings. The molecule has 142 valence electrons. The van der Waals surface area contributed by atoms with E-state index in [-0.39, 0.29) is 35.5 Å². The van der Waals surface area contributed by atoms with Gasteiger partial charge in [0.05, 0.1) is 12.2 Å². The maximum atomic E-state index is 9.69. The number of rotatable bonds is 6. The van der Waals surface area contributed by atoms with Gasteiger partial charge >= 0.3 is 0 Å². The van der Waals surface area contributed by atoms with E-state index in [0.717, 1.165) is 57.9 Å². The average Bonchev–Trinajstić information content (AvgIpc) is 2.53. The summed E-state index contributed by atoms with van der Waals surface area (Å²) in [6.45, 7) is 12.3. The molecule has 2 fully saturated rings. The number of piperidine rings is 1. The van der Waals surface area contributed by atoms with E-state index in [4.69, 9.17) is 4.74 Å². The van der Waals surface area contributed by atoms with Gasteiger partial charge in [-0.3, -0.25) is 4.99 Å². The predicted molar refractivity (Wildman–Crippen MR) is 110 cm³/mol. The van der Waals surface area contributed by atoms with Crippen LogP contribution in [0.2, 0.25) is 0 Å². The third-order valence-corrected chi connectivity index (χ3v) is 5.37. The van der Waals surface area contributed by atoms with Gasteiger partial charge in [-0.25, -0.2) is 0 Å². The molecule has 24 heavy (non-hydrogen) atoms. The van der Waals surface area contributed by atoms with Gasteiger partial charge in [0.25, 0.3) is 0 Å². The Kier molecular flexibility index (Phi) is 9.30. The van der Waals surface area contributed by atoms with E-state index in [1.807, 2.05) is 0 Å². The van der Waals surface area contributed by atoms with Crippen LogP contribution < -0.4 is 5.32 Å². The normalized spacial score (nSPS) is 27.4. The van der Waals surface area contributed by atoms with Crippen molar-refractivity contribution in [1.29, 1.82) is 0 Å². The van der Waals surface area contributed by atoms with Crippen LogP contribution >= 0.6 is 24.0 Å². The number of unbranched alkanes of at least 4 members (excludes halogenated alkanes) is 1. The molecule has 2 atom stereocenters.